The third-order valence-electron chi connectivity index (χ3n) is 3.26. The summed E-state index contributed by atoms with van der Waals surface area (Å²) in [4.78, 5) is 14.5. The van der Waals surface area contributed by atoms with Gasteiger partial charge in [0.15, 0.2) is 0 Å². The number of nitrogens with two attached hydrogens (primary N) is 1. The number of carbonyl (C=O) groups excluding carboxylic acids is 1. The van der Waals surface area contributed by atoms with E-state index in [-0.39, 0.29) is 11.9 Å². The van der Waals surface area contributed by atoms with E-state index in [0.717, 1.165) is 18.4 Å². The van der Waals surface area contributed by atoms with Gasteiger partial charge in [0, 0.05) is 17.1 Å². The second kappa shape index (κ2) is 5.24. The van der Waals surface area contributed by atoms with Gasteiger partial charge in [0.25, 0.3) is 5.91 Å². The van der Waals surface area contributed by atoms with Crippen molar-refractivity contribution in [3.8, 4) is 0 Å². The fraction of sp³-hybridized carbons (Fsp3) is 0.385. The molecule has 1 aromatic rings. The summed E-state index contributed by atoms with van der Waals surface area (Å²) in [5, 5.41) is 0.604. The predicted octanol–water partition coefficient (Wildman–Crippen LogP) is 2.54. The highest BCUT2D eigenvalue weighted by Gasteiger charge is 2.31. The molecule has 1 aliphatic rings. The molecule has 1 fully saturated rings. The molecule has 1 atom stereocenters. The second-order valence-electron chi connectivity index (χ2n) is 4.52. The number of aryl methyl sites for hydroxylation is 1. The summed E-state index contributed by atoms with van der Waals surface area (Å²) < 4.78 is 0. The summed E-state index contributed by atoms with van der Waals surface area (Å²) in [7, 11) is 0. The molecule has 2 N–H and O–H groups in total. The van der Waals surface area contributed by atoms with Crippen molar-refractivity contribution in [1.29, 1.82) is 0 Å². The van der Waals surface area contributed by atoms with E-state index in [2.05, 4.69) is 0 Å². The normalized spacial score (nSPS) is 19.0. The van der Waals surface area contributed by atoms with E-state index >= 15 is 0 Å². The number of thiocarbonyl (C=S) groups is 1. The molecule has 2 rings (SSSR count). The number of hydrogen-bond acceptors (Lipinski definition) is 2. The number of halogens is 1. The van der Waals surface area contributed by atoms with Crippen molar-refractivity contribution < 1.29 is 4.79 Å². The Balaban J connectivity index is 2.25. The molecule has 0 bridgehead atoms. The van der Waals surface area contributed by atoms with Crippen LogP contribution in [0.2, 0.25) is 5.02 Å². The molecular formula is C13H15ClN2OS. The second-order valence-corrected chi connectivity index (χ2v) is 5.40. The molecule has 0 spiro atoms. The van der Waals surface area contributed by atoms with Crippen LogP contribution in [0.5, 0.6) is 0 Å². The van der Waals surface area contributed by atoms with Crippen molar-refractivity contribution >= 4 is 34.7 Å². The van der Waals surface area contributed by atoms with E-state index in [9.17, 15) is 4.79 Å². The van der Waals surface area contributed by atoms with Crippen molar-refractivity contribution in [1.82, 2.24) is 4.90 Å². The van der Waals surface area contributed by atoms with Crippen LogP contribution < -0.4 is 5.73 Å². The van der Waals surface area contributed by atoms with Gasteiger partial charge < -0.3 is 10.6 Å². The lowest BCUT2D eigenvalue weighted by Crippen LogP contribution is -2.42. The summed E-state index contributed by atoms with van der Waals surface area (Å²) >= 11 is 11.0. The van der Waals surface area contributed by atoms with Crippen LogP contribution in [-0.2, 0) is 0 Å². The standard InChI is InChI=1S/C13H15ClN2OS/c1-8-4-5-9(7-10(8)14)13(17)16-6-2-3-11(16)12(15)18/h4-5,7,11H,2-3,6H2,1H3,(H2,15,18). The van der Waals surface area contributed by atoms with Gasteiger partial charge in [0.1, 0.15) is 0 Å². The minimum absolute atomic E-state index is 0.0489. The summed E-state index contributed by atoms with van der Waals surface area (Å²) in [6.45, 7) is 2.61. The number of likely N-dealkylation sites (tertiary alicyclic amines) is 1. The number of benzene rings is 1. The zero-order valence-corrected chi connectivity index (χ0v) is 11.7. The summed E-state index contributed by atoms with van der Waals surface area (Å²) in [5.41, 5.74) is 7.22. The van der Waals surface area contributed by atoms with Gasteiger partial charge in [-0.3, -0.25) is 4.79 Å². The Labute approximate surface area is 117 Å². The van der Waals surface area contributed by atoms with Crippen molar-refractivity contribution in [2.45, 2.75) is 25.8 Å². The minimum atomic E-state index is -0.118. The number of amides is 1. The van der Waals surface area contributed by atoms with Gasteiger partial charge in [-0.25, -0.2) is 0 Å². The fourth-order valence-corrected chi connectivity index (χ4v) is 2.62. The average Bonchev–Trinajstić information content (AvgIpc) is 2.81. The molecule has 0 aromatic heterocycles. The maximum absolute atomic E-state index is 12.4. The van der Waals surface area contributed by atoms with Gasteiger partial charge in [-0.05, 0) is 37.5 Å². The highest BCUT2D eigenvalue weighted by Crippen LogP contribution is 2.23. The first kappa shape index (κ1) is 13.3. The fourth-order valence-electron chi connectivity index (χ4n) is 2.20. The molecular weight excluding hydrogens is 268 g/mol. The van der Waals surface area contributed by atoms with E-state index in [1.807, 2.05) is 13.0 Å². The van der Waals surface area contributed by atoms with Crippen molar-refractivity contribution in [2.75, 3.05) is 6.54 Å². The smallest absolute Gasteiger partial charge is 0.254 e. The molecule has 1 unspecified atom stereocenters. The molecule has 1 amide bonds. The molecule has 5 heteroatoms. The molecule has 18 heavy (non-hydrogen) atoms. The van der Waals surface area contributed by atoms with E-state index < -0.39 is 0 Å². The third-order valence-corrected chi connectivity index (χ3v) is 3.94. The van der Waals surface area contributed by atoms with E-state index in [1.54, 1.807) is 17.0 Å². The number of nitrogens with zero attached hydrogens (tertiary/aromatic N) is 1. The Hall–Kier alpha value is -1.13. The summed E-state index contributed by atoms with van der Waals surface area (Å²) in [6, 6.07) is 5.22. The van der Waals surface area contributed by atoms with Crippen LogP contribution in [0.15, 0.2) is 18.2 Å². The SMILES string of the molecule is Cc1ccc(C(=O)N2CCCC2C(N)=S)cc1Cl. The Morgan fingerprint density at radius 1 is 1.56 bits per heavy atom. The largest absolute Gasteiger partial charge is 0.392 e. The minimum Gasteiger partial charge on any atom is -0.392 e. The van der Waals surface area contributed by atoms with E-state index in [1.165, 1.54) is 0 Å². The van der Waals surface area contributed by atoms with Gasteiger partial charge >= 0.3 is 0 Å². The Kier molecular flexibility index (Phi) is 3.88. The lowest BCUT2D eigenvalue weighted by Gasteiger charge is -2.23. The highest BCUT2D eigenvalue weighted by molar-refractivity contribution is 7.80. The number of rotatable bonds is 2. The van der Waals surface area contributed by atoms with Crippen LogP contribution in [0.25, 0.3) is 0 Å². The maximum Gasteiger partial charge on any atom is 0.254 e. The van der Waals surface area contributed by atoms with E-state index in [4.69, 9.17) is 29.6 Å². The predicted molar refractivity (Wildman–Crippen MR) is 77.0 cm³/mol. The molecule has 0 radical (unpaired) electrons. The topological polar surface area (TPSA) is 46.3 Å². The zero-order valence-electron chi connectivity index (χ0n) is 10.1. The number of carbonyl (C=O) groups is 1. The molecule has 0 saturated carbocycles. The van der Waals surface area contributed by atoms with Gasteiger partial charge in [0.2, 0.25) is 0 Å². The molecule has 96 valence electrons. The van der Waals surface area contributed by atoms with Crippen molar-refractivity contribution in [3.63, 3.8) is 0 Å². The lowest BCUT2D eigenvalue weighted by molar-refractivity contribution is 0.0770. The average molecular weight is 283 g/mol. The molecule has 1 saturated heterocycles. The first-order valence-electron chi connectivity index (χ1n) is 5.87. The molecule has 1 heterocycles. The van der Waals surface area contributed by atoms with E-state index in [0.29, 0.717) is 22.1 Å². The van der Waals surface area contributed by atoms with Crippen LogP contribution in [0, 0.1) is 6.92 Å². The van der Waals surface area contributed by atoms with Crippen LogP contribution in [0.3, 0.4) is 0 Å². The Bertz CT molecular complexity index is 504. The maximum atomic E-state index is 12.4. The van der Waals surface area contributed by atoms with Gasteiger partial charge in [-0.1, -0.05) is 29.9 Å². The van der Waals surface area contributed by atoms with Gasteiger partial charge in [-0.2, -0.15) is 0 Å². The van der Waals surface area contributed by atoms with Crippen molar-refractivity contribution in [2.24, 2.45) is 5.73 Å². The van der Waals surface area contributed by atoms with Crippen LogP contribution in [0.1, 0.15) is 28.8 Å². The van der Waals surface area contributed by atoms with Gasteiger partial charge in [-0.15, -0.1) is 0 Å². The molecule has 1 aliphatic heterocycles. The zero-order chi connectivity index (χ0) is 13.3. The first-order valence-corrected chi connectivity index (χ1v) is 6.66. The Morgan fingerprint density at radius 2 is 2.28 bits per heavy atom. The van der Waals surface area contributed by atoms with Crippen LogP contribution >= 0.6 is 23.8 Å². The quantitative estimate of drug-likeness (QED) is 0.848. The highest BCUT2D eigenvalue weighted by atomic mass is 35.5. The summed E-state index contributed by atoms with van der Waals surface area (Å²) in [6.07, 6.45) is 1.79. The molecule has 0 aliphatic carbocycles. The lowest BCUT2D eigenvalue weighted by atomic mass is 10.1. The third kappa shape index (κ3) is 2.49. The van der Waals surface area contributed by atoms with Crippen LogP contribution in [0.4, 0.5) is 0 Å². The van der Waals surface area contributed by atoms with Gasteiger partial charge in [0.05, 0.1) is 11.0 Å². The van der Waals surface area contributed by atoms with Crippen LogP contribution in [-0.4, -0.2) is 28.4 Å². The molecule has 1 aromatic carbocycles. The first-order chi connectivity index (χ1) is 8.50. The Morgan fingerprint density at radius 3 is 2.89 bits per heavy atom. The molecule has 3 nitrogen and oxygen atoms in total. The number of hydrogen-bond donors (Lipinski definition) is 1. The van der Waals surface area contributed by atoms with Crippen molar-refractivity contribution in [3.05, 3.63) is 34.3 Å². The summed E-state index contributed by atoms with van der Waals surface area (Å²) in [5.74, 6) is -0.0489. The monoisotopic (exact) mass is 282 g/mol.